The van der Waals surface area contributed by atoms with E-state index in [1.807, 2.05) is 18.7 Å². The van der Waals surface area contributed by atoms with E-state index in [1.165, 1.54) is 6.39 Å². The minimum absolute atomic E-state index is 0.947. The molecule has 0 aromatic carbocycles. The summed E-state index contributed by atoms with van der Waals surface area (Å²) in [5.41, 5.74) is 1.01. The van der Waals surface area contributed by atoms with Crippen LogP contribution < -0.4 is 0 Å². The molecule has 0 aliphatic heterocycles. The minimum atomic E-state index is 0.947. The summed E-state index contributed by atoms with van der Waals surface area (Å²) < 4.78 is 5.13. The van der Waals surface area contributed by atoms with Crippen molar-refractivity contribution in [2.24, 2.45) is 0 Å². The van der Waals surface area contributed by atoms with Gasteiger partial charge in [0.2, 0.25) is 0 Å². The molecule has 3 heteroatoms. The fourth-order valence-electron chi connectivity index (χ4n) is 0.660. The topological polar surface area (TPSA) is 26.0 Å². The van der Waals surface area contributed by atoms with Crippen molar-refractivity contribution >= 4 is 11.8 Å². The van der Waals surface area contributed by atoms with Gasteiger partial charge in [0, 0.05) is 0 Å². The SMILES string of the molecule is CCSCc1ocnc1C. The van der Waals surface area contributed by atoms with Crippen molar-refractivity contribution in [2.45, 2.75) is 19.6 Å². The maximum Gasteiger partial charge on any atom is 0.181 e. The first-order valence-corrected chi connectivity index (χ1v) is 4.46. The second kappa shape index (κ2) is 3.66. The summed E-state index contributed by atoms with van der Waals surface area (Å²) in [6, 6.07) is 0. The Balaban J connectivity index is 2.49. The van der Waals surface area contributed by atoms with Crippen LogP contribution in [0.3, 0.4) is 0 Å². The fraction of sp³-hybridized carbons (Fsp3) is 0.571. The lowest BCUT2D eigenvalue weighted by Gasteiger charge is -1.92. The van der Waals surface area contributed by atoms with Crippen LogP contribution in [0.25, 0.3) is 0 Å². The van der Waals surface area contributed by atoms with Gasteiger partial charge < -0.3 is 4.42 Å². The Morgan fingerprint density at radius 2 is 2.50 bits per heavy atom. The van der Waals surface area contributed by atoms with Gasteiger partial charge in [-0.1, -0.05) is 6.92 Å². The van der Waals surface area contributed by atoms with Gasteiger partial charge in [0.15, 0.2) is 6.39 Å². The number of thioether (sulfide) groups is 1. The lowest BCUT2D eigenvalue weighted by molar-refractivity contribution is 0.522. The van der Waals surface area contributed by atoms with Crippen molar-refractivity contribution in [3.05, 3.63) is 17.8 Å². The highest BCUT2D eigenvalue weighted by Crippen LogP contribution is 2.13. The van der Waals surface area contributed by atoms with Gasteiger partial charge in [0.1, 0.15) is 5.76 Å². The second-order valence-corrected chi connectivity index (χ2v) is 3.27. The molecule has 0 atom stereocenters. The number of hydrogen-bond donors (Lipinski definition) is 0. The maximum absolute atomic E-state index is 5.13. The number of rotatable bonds is 3. The normalized spacial score (nSPS) is 10.2. The molecule has 0 bridgehead atoms. The van der Waals surface area contributed by atoms with Crippen LogP contribution in [-0.2, 0) is 5.75 Å². The van der Waals surface area contributed by atoms with Crippen molar-refractivity contribution in [2.75, 3.05) is 5.75 Å². The number of aromatic nitrogens is 1. The fourth-order valence-corrected chi connectivity index (χ4v) is 1.33. The Labute approximate surface area is 65.0 Å². The summed E-state index contributed by atoms with van der Waals surface area (Å²) in [5, 5.41) is 0. The number of hydrogen-bond acceptors (Lipinski definition) is 3. The molecule has 0 amide bonds. The van der Waals surface area contributed by atoms with Crippen LogP contribution in [0.15, 0.2) is 10.8 Å². The van der Waals surface area contributed by atoms with Crippen LogP contribution in [0.2, 0.25) is 0 Å². The standard InChI is InChI=1S/C7H11NOS/c1-3-10-4-7-6(2)8-5-9-7/h5H,3-4H2,1-2H3. The van der Waals surface area contributed by atoms with Crippen LogP contribution in [0.4, 0.5) is 0 Å². The van der Waals surface area contributed by atoms with Gasteiger partial charge in [0.05, 0.1) is 11.4 Å². The van der Waals surface area contributed by atoms with Crippen LogP contribution in [0.5, 0.6) is 0 Å². The molecule has 0 saturated heterocycles. The van der Waals surface area contributed by atoms with Gasteiger partial charge in [-0.05, 0) is 12.7 Å². The Morgan fingerprint density at radius 1 is 1.70 bits per heavy atom. The summed E-state index contributed by atoms with van der Waals surface area (Å²) in [5.74, 6) is 3.08. The zero-order chi connectivity index (χ0) is 7.40. The van der Waals surface area contributed by atoms with Crippen molar-refractivity contribution in [1.82, 2.24) is 4.98 Å². The van der Waals surface area contributed by atoms with Gasteiger partial charge in [-0.3, -0.25) is 0 Å². The summed E-state index contributed by atoms with van der Waals surface area (Å²) in [7, 11) is 0. The molecule has 0 radical (unpaired) electrons. The first-order valence-electron chi connectivity index (χ1n) is 3.31. The Bertz CT molecular complexity index is 197. The predicted octanol–water partition coefficient (Wildman–Crippen LogP) is 2.24. The van der Waals surface area contributed by atoms with Crippen LogP contribution in [-0.4, -0.2) is 10.7 Å². The first kappa shape index (κ1) is 7.66. The highest BCUT2D eigenvalue weighted by atomic mass is 32.2. The quantitative estimate of drug-likeness (QED) is 0.673. The van der Waals surface area contributed by atoms with Crippen molar-refractivity contribution in [1.29, 1.82) is 0 Å². The third kappa shape index (κ3) is 1.77. The minimum Gasteiger partial charge on any atom is -0.447 e. The lowest BCUT2D eigenvalue weighted by Crippen LogP contribution is -1.80. The lowest BCUT2D eigenvalue weighted by atomic mass is 10.4. The highest BCUT2D eigenvalue weighted by Gasteiger charge is 2.00. The number of aryl methyl sites for hydroxylation is 1. The van der Waals surface area contributed by atoms with E-state index in [0.29, 0.717) is 0 Å². The zero-order valence-corrected chi connectivity index (χ0v) is 7.07. The molecular formula is C7H11NOS. The molecule has 1 rings (SSSR count). The van der Waals surface area contributed by atoms with Crippen LogP contribution >= 0.6 is 11.8 Å². The molecule has 0 N–H and O–H groups in total. The average molecular weight is 157 g/mol. The molecule has 2 nitrogen and oxygen atoms in total. The van der Waals surface area contributed by atoms with Gasteiger partial charge in [-0.15, -0.1) is 0 Å². The molecule has 0 aliphatic carbocycles. The van der Waals surface area contributed by atoms with Gasteiger partial charge >= 0.3 is 0 Å². The van der Waals surface area contributed by atoms with E-state index in [9.17, 15) is 0 Å². The Hall–Kier alpha value is -0.440. The summed E-state index contributed by atoms with van der Waals surface area (Å²) in [4.78, 5) is 3.99. The highest BCUT2D eigenvalue weighted by molar-refractivity contribution is 7.98. The molecular weight excluding hydrogens is 146 g/mol. The van der Waals surface area contributed by atoms with E-state index in [2.05, 4.69) is 11.9 Å². The molecule has 0 fully saturated rings. The van der Waals surface area contributed by atoms with Crippen molar-refractivity contribution < 1.29 is 4.42 Å². The van der Waals surface area contributed by atoms with E-state index < -0.39 is 0 Å². The van der Waals surface area contributed by atoms with E-state index in [-0.39, 0.29) is 0 Å². The van der Waals surface area contributed by atoms with Gasteiger partial charge in [-0.25, -0.2) is 4.98 Å². The molecule has 1 aromatic heterocycles. The predicted molar refractivity (Wildman–Crippen MR) is 43.1 cm³/mol. The van der Waals surface area contributed by atoms with E-state index in [0.717, 1.165) is 23.0 Å². The smallest absolute Gasteiger partial charge is 0.181 e. The maximum atomic E-state index is 5.13. The van der Waals surface area contributed by atoms with E-state index in [1.54, 1.807) is 0 Å². The first-order chi connectivity index (χ1) is 4.84. The summed E-state index contributed by atoms with van der Waals surface area (Å²) in [6.07, 6.45) is 1.50. The molecule has 10 heavy (non-hydrogen) atoms. The monoisotopic (exact) mass is 157 g/mol. The Kier molecular flexibility index (Phi) is 2.81. The molecule has 0 unspecified atom stereocenters. The molecule has 1 heterocycles. The second-order valence-electron chi connectivity index (χ2n) is 2.00. The third-order valence-electron chi connectivity index (χ3n) is 1.28. The summed E-state index contributed by atoms with van der Waals surface area (Å²) in [6.45, 7) is 4.10. The summed E-state index contributed by atoms with van der Waals surface area (Å²) >= 11 is 1.85. The van der Waals surface area contributed by atoms with Crippen molar-refractivity contribution in [3.63, 3.8) is 0 Å². The zero-order valence-electron chi connectivity index (χ0n) is 6.26. The largest absolute Gasteiger partial charge is 0.447 e. The average Bonchev–Trinajstić information content (AvgIpc) is 2.31. The molecule has 56 valence electrons. The molecule has 1 aromatic rings. The van der Waals surface area contributed by atoms with Gasteiger partial charge in [-0.2, -0.15) is 11.8 Å². The number of nitrogens with zero attached hydrogens (tertiary/aromatic N) is 1. The molecule has 0 aliphatic rings. The van der Waals surface area contributed by atoms with E-state index >= 15 is 0 Å². The van der Waals surface area contributed by atoms with Gasteiger partial charge in [0.25, 0.3) is 0 Å². The van der Waals surface area contributed by atoms with Crippen LogP contribution in [0, 0.1) is 6.92 Å². The van der Waals surface area contributed by atoms with E-state index in [4.69, 9.17) is 4.42 Å². The molecule has 0 spiro atoms. The molecule has 0 saturated carbocycles. The number of oxazole rings is 1. The van der Waals surface area contributed by atoms with Crippen LogP contribution in [0.1, 0.15) is 18.4 Å². The Morgan fingerprint density at radius 3 is 3.00 bits per heavy atom. The van der Waals surface area contributed by atoms with Crippen molar-refractivity contribution in [3.8, 4) is 0 Å². The third-order valence-corrected chi connectivity index (χ3v) is 2.16.